The lowest BCUT2D eigenvalue weighted by atomic mass is 9.93. The fourth-order valence-electron chi connectivity index (χ4n) is 5.42. The molecule has 200 valence electrons. The summed E-state index contributed by atoms with van der Waals surface area (Å²) in [6, 6.07) is 15.5. The van der Waals surface area contributed by atoms with Gasteiger partial charge in [0.25, 0.3) is 5.91 Å². The Bertz CT molecular complexity index is 1540. The number of fused-ring (bicyclic) bond motifs is 1. The molecule has 1 fully saturated rings. The first-order valence-electron chi connectivity index (χ1n) is 13.4. The quantitative estimate of drug-likeness (QED) is 0.400. The second-order valence-electron chi connectivity index (χ2n) is 10.2. The Hall–Kier alpha value is -4.29. The van der Waals surface area contributed by atoms with E-state index in [1.807, 2.05) is 66.8 Å². The minimum Gasteiger partial charge on any atom is -0.380 e. The van der Waals surface area contributed by atoms with Crippen LogP contribution in [0.1, 0.15) is 46.1 Å². The molecule has 9 heteroatoms. The normalized spacial score (nSPS) is 17.8. The molecule has 1 aliphatic rings. The topological polar surface area (TPSA) is 111 Å². The van der Waals surface area contributed by atoms with Gasteiger partial charge in [-0.3, -0.25) is 9.36 Å². The molecule has 1 N–H and O–H groups in total. The van der Waals surface area contributed by atoms with Gasteiger partial charge in [-0.05, 0) is 44.4 Å². The van der Waals surface area contributed by atoms with E-state index in [-0.39, 0.29) is 18.0 Å². The number of rotatable bonds is 6. The highest BCUT2D eigenvalue weighted by Gasteiger charge is 2.41. The Morgan fingerprint density at radius 2 is 1.82 bits per heavy atom. The summed E-state index contributed by atoms with van der Waals surface area (Å²) >= 11 is 0. The zero-order valence-corrected chi connectivity index (χ0v) is 22.7. The van der Waals surface area contributed by atoms with Gasteiger partial charge in [-0.15, -0.1) is 0 Å². The van der Waals surface area contributed by atoms with E-state index < -0.39 is 5.60 Å². The third-order valence-corrected chi connectivity index (χ3v) is 7.86. The standard InChI is InChI=1S/C30H33N7O2/c1-5-30(39,6-2)29(38)36-17-20(3)35(16-21(36)4)27-26-24(23-10-8-7-9-11-23)18-37(28(26)34-19-33-27)25-14-22(15-31)12-13-32-25/h7-14,18-21,39H,5-6,16-17H2,1-4H3/t20-,21+/m0/s1. The maximum atomic E-state index is 13.3. The summed E-state index contributed by atoms with van der Waals surface area (Å²) in [6.07, 6.45) is 5.94. The highest BCUT2D eigenvalue weighted by molar-refractivity contribution is 6.02. The predicted molar refractivity (Wildman–Crippen MR) is 150 cm³/mol. The fourth-order valence-corrected chi connectivity index (χ4v) is 5.42. The van der Waals surface area contributed by atoms with Gasteiger partial charge in [-0.25, -0.2) is 15.0 Å². The van der Waals surface area contributed by atoms with E-state index in [0.717, 1.165) is 22.3 Å². The van der Waals surface area contributed by atoms with E-state index >= 15 is 0 Å². The van der Waals surface area contributed by atoms with E-state index in [1.165, 1.54) is 0 Å². The Morgan fingerprint density at radius 1 is 1.08 bits per heavy atom. The van der Waals surface area contributed by atoms with Crippen LogP contribution in [0.3, 0.4) is 0 Å². The van der Waals surface area contributed by atoms with Gasteiger partial charge in [0.1, 0.15) is 23.6 Å². The highest BCUT2D eigenvalue weighted by Crippen LogP contribution is 2.38. The van der Waals surface area contributed by atoms with Crippen molar-refractivity contribution in [1.82, 2.24) is 24.4 Å². The molecule has 4 aromatic rings. The third kappa shape index (κ3) is 4.61. The number of hydrogen-bond acceptors (Lipinski definition) is 7. The van der Waals surface area contributed by atoms with Crippen LogP contribution in [0, 0.1) is 11.3 Å². The Balaban J connectivity index is 1.62. The van der Waals surface area contributed by atoms with Gasteiger partial charge in [-0.2, -0.15) is 5.26 Å². The van der Waals surface area contributed by atoms with Crippen molar-refractivity contribution in [2.45, 2.75) is 58.2 Å². The maximum Gasteiger partial charge on any atom is 0.254 e. The first-order chi connectivity index (χ1) is 18.8. The maximum absolute atomic E-state index is 13.3. The lowest BCUT2D eigenvalue weighted by molar-refractivity contribution is -0.155. The van der Waals surface area contributed by atoms with E-state index in [0.29, 0.717) is 43.0 Å². The summed E-state index contributed by atoms with van der Waals surface area (Å²) in [5.74, 6) is 1.17. The number of piperazine rings is 1. The number of hydrogen-bond donors (Lipinski definition) is 1. The molecule has 2 atom stereocenters. The van der Waals surface area contributed by atoms with Crippen LogP contribution >= 0.6 is 0 Å². The second-order valence-corrected chi connectivity index (χ2v) is 10.2. The van der Waals surface area contributed by atoms with Gasteiger partial charge < -0.3 is 14.9 Å². The molecule has 4 heterocycles. The van der Waals surface area contributed by atoms with Crippen molar-refractivity contribution in [1.29, 1.82) is 5.26 Å². The molecule has 9 nitrogen and oxygen atoms in total. The minimum absolute atomic E-state index is 0.0479. The average Bonchev–Trinajstić information content (AvgIpc) is 3.38. The number of nitrogens with zero attached hydrogens (tertiary/aromatic N) is 7. The highest BCUT2D eigenvalue weighted by atomic mass is 16.3. The second kappa shape index (κ2) is 10.5. The summed E-state index contributed by atoms with van der Waals surface area (Å²) in [6.45, 7) is 8.82. The summed E-state index contributed by atoms with van der Waals surface area (Å²) in [5.41, 5.74) is 1.82. The average molecular weight is 524 g/mol. The zero-order valence-electron chi connectivity index (χ0n) is 22.7. The van der Waals surface area contributed by atoms with Gasteiger partial charge >= 0.3 is 0 Å². The fraction of sp³-hybridized carbons (Fsp3) is 0.367. The summed E-state index contributed by atoms with van der Waals surface area (Å²) in [4.78, 5) is 31.3. The van der Waals surface area contributed by atoms with Crippen molar-refractivity contribution in [3.05, 3.63) is 66.7 Å². The Morgan fingerprint density at radius 3 is 2.51 bits per heavy atom. The van der Waals surface area contributed by atoms with Crippen molar-refractivity contribution in [2.24, 2.45) is 0 Å². The number of pyridine rings is 1. The van der Waals surface area contributed by atoms with Crippen LogP contribution in [0.25, 0.3) is 28.0 Å². The van der Waals surface area contributed by atoms with Crippen LogP contribution in [0.15, 0.2) is 61.2 Å². The van der Waals surface area contributed by atoms with Gasteiger partial charge in [0.15, 0.2) is 5.65 Å². The molecule has 0 radical (unpaired) electrons. The molecule has 1 aliphatic heterocycles. The van der Waals surface area contributed by atoms with Crippen LogP contribution in [-0.2, 0) is 4.79 Å². The van der Waals surface area contributed by atoms with Crippen LogP contribution < -0.4 is 4.90 Å². The van der Waals surface area contributed by atoms with Crippen molar-refractivity contribution in [3.8, 4) is 23.0 Å². The summed E-state index contributed by atoms with van der Waals surface area (Å²) in [5, 5.41) is 21.3. The van der Waals surface area contributed by atoms with Crippen molar-refractivity contribution in [3.63, 3.8) is 0 Å². The molecule has 1 saturated heterocycles. The summed E-state index contributed by atoms with van der Waals surface area (Å²) < 4.78 is 1.90. The molecule has 0 spiro atoms. The number of aliphatic hydroxyl groups is 1. The molecule has 1 aromatic carbocycles. The Kier molecular flexibility index (Phi) is 7.06. The summed E-state index contributed by atoms with van der Waals surface area (Å²) in [7, 11) is 0. The molecule has 3 aromatic heterocycles. The molecule has 5 rings (SSSR count). The minimum atomic E-state index is -1.35. The van der Waals surface area contributed by atoms with Crippen LogP contribution in [0.5, 0.6) is 0 Å². The SMILES string of the molecule is CCC(O)(CC)C(=O)N1C[C@H](C)N(c2ncnc3c2c(-c2ccccc2)cn3-c2cc(C#N)ccn2)C[C@H]1C. The number of carbonyl (C=O) groups excluding carboxylic acids is 1. The predicted octanol–water partition coefficient (Wildman–Crippen LogP) is 4.33. The van der Waals surface area contributed by atoms with E-state index in [1.54, 1.807) is 24.7 Å². The van der Waals surface area contributed by atoms with E-state index in [2.05, 4.69) is 27.9 Å². The smallest absolute Gasteiger partial charge is 0.254 e. The van der Waals surface area contributed by atoms with Crippen molar-refractivity contribution >= 4 is 22.8 Å². The van der Waals surface area contributed by atoms with Crippen molar-refractivity contribution in [2.75, 3.05) is 18.0 Å². The van der Waals surface area contributed by atoms with Gasteiger partial charge in [0, 0.05) is 43.1 Å². The molecule has 1 amide bonds. The van der Waals surface area contributed by atoms with Crippen LogP contribution in [-0.4, -0.2) is 66.2 Å². The van der Waals surface area contributed by atoms with E-state index in [9.17, 15) is 15.2 Å². The van der Waals surface area contributed by atoms with Crippen molar-refractivity contribution < 1.29 is 9.90 Å². The van der Waals surface area contributed by atoms with Gasteiger partial charge in [0.2, 0.25) is 0 Å². The molecule has 0 bridgehead atoms. The van der Waals surface area contributed by atoms with E-state index in [4.69, 9.17) is 4.98 Å². The monoisotopic (exact) mass is 523 g/mol. The first kappa shape index (κ1) is 26.3. The third-order valence-electron chi connectivity index (χ3n) is 7.86. The number of carbonyl (C=O) groups is 1. The molecular weight excluding hydrogens is 490 g/mol. The Labute approximate surface area is 228 Å². The van der Waals surface area contributed by atoms with Crippen LogP contribution in [0.2, 0.25) is 0 Å². The lowest BCUT2D eigenvalue weighted by Crippen LogP contribution is -2.62. The number of anilines is 1. The first-order valence-corrected chi connectivity index (χ1v) is 13.4. The van der Waals surface area contributed by atoms with Gasteiger partial charge in [0.05, 0.1) is 17.0 Å². The molecular formula is C30H33N7O2. The lowest BCUT2D eigenvalue weighted by Gasteiger charge is -2.46. The number of amides is 1. The largest absolute Gasteiger partial charge is 0.380 e. The molecule has 0 unspecified atom stereocenters. The zero-order chi connectivity index (χ0) is 27.7. The number of aromatic nitrogens is 4. The molecule has 0 saturated carbocycles. The number of benzene rings is 1. The van der Waals surface area contributed by atoms with Gasteiger partial charge in [-0.1, -0.05) is 44.2 Å². The molecule has 39 heavy (non-hydrogen) atoms. The number of nitriles is 1. The molecule has 0 aliphatic carbocycles. The van der Waals surface area contributed by atoms with Crippen LogP contribution in [0.4, 0.5) is 5.82 Å².